The molecule has 0 aromatic carbocycles. The third-order valence-corrected chi connectivity index (χ3v) is 14.3. The van der Waals surface area contributed by atoms with E-state index in [1.165, 1.54) is 77.0 Å². The second-order valence-electron chi connectivity index (χ2n) is 23.7. The molecule has 0 aliphatic carbocycles. The van der Waals surface area contributed by atoms with Crippen LogP contribution in [-0.2, 0) is 33.3 Å². The number of hydrogen-bond acceptors (Lipinski definition) is 8. The maximum Gasteiger partial charge on any atom is 0.306 e. The van der Waals surface area contributed by atoms with Gasteiger partial charge < -0.3 is 33.3 Å². The Labute approximate surface area is 534 Å². The predicted molar refractivity (Wildman–Crippen MR) is 370 cm³/mol. The molecule has 2 atom stereocenters. The number of carbonyl (C=O) groups is 3. The SMILES string of the molecule is CC/C=C\C/C=C\C/C=C\C/C=C\C/C=C\C/C=C\C/C=C\CCCCCCCCCCCCCCCCCC(=O)OC(COC(=O)CCCCCCCC/C=C\C/C=C\C/C=C\C/C=C\C/C=C\C/C=C\CC)COC(OCC[N+](C)(C)C)C(=O)[O-]. The van der Waals surface area contributed by atoms with E-state index in [1.807, 2.05) is 21.1 Å². The summed E-state index contributed by atoms with van der Waals surface area (Å²) in [6.45, 7) is 4.50. The second kappa shape index (κ2) is 66.9. The van der Waals surface area contributed by atoms with Crippen molar-refractivity contribution in [3.63, 3.8) is 0 Å². The smallest absolute Gasteiger partial charge is 0.306 e. The van der Waals surface area contributed by atoms with Crippen molar-refractivity contribution in [3.8, 4) is 0 Å². The molecule has 0 aromatic heterocycles. The fourth-order valence-electron chi connectivity index (χ4n) is 9.05. The second-order valence-corrected chi connectivity index (χ2v) is 23.7. The van der Waals surface area contributed by atoms with Gasteiger partial charge in [-0.1, -0.05) is 281 Å². The van der Waals surface area contributed by atoms with Gasteiger partial charge in [0.15, 0.2) is 12.4 Å². The quantitative estimate of drug-likeness (QED) is 0.0195. The van der Waals surface area contributed by atoms with Crippen molar-refractivity contribution in [2.45, 2.75) is 270 Å². The molecular weight excluding hydrogens is 1080 g/mol. The lowest BCUT2D eigenvalue weighted by molar-refractivity contribution is -0.870. The molecule has 0 amide bonds. The molecule has 0 spiro atoms. The first-order valence-electron chi connectivity index (χ1n) is 34.6. The summed E-state index contributed by atoms with van der Waals surface area (Å²) in [5, 5.41) is 11.8. The standard InChI is InChI=1S/C78H127NO8/c1-6-8-10-12-14-16-18-20-22-24-26-28-30-32-33-34-35-36-37-38-39-40-41-42-43-45-47-49-51-53-55-57-59-61-63-65-67-69-76(81)87-74(73-86-78(77(82)83)84-71-70-79(3,4)5)72-85-75(80)68-66-64-62-60-58-56-54-52-50-48-46-44-31-29-27-25-23-21-19-17-15-13-11-9-7-2/h8-11,14-17,20-23,26-29,32-33,35-36,38-39,44,46,50,52,74,78H,6-7,12-13,18-19,24-25,30-31,34,37,40-43,45,47-49,51,53-73H2,1-5H3/b10-8-,11-9-,16-14-,17-15-,22-20-,23-21-,28-26-,29-27-,33-32-,36-35-,39-38-,46-44-,52-50-. The van der Waals surface area contributed by atoms with Gasteiger partial charge >= 0.3 is 11.9 Å². The van der Waals surface area contributed by atoms with Crippen LogP contribution in [0.5, 0.6) is 0 Å². The van der Waals surface area contributed by atoms with Gasteiger partial charge in [0.1, 0.15) is 13.2 Å². The zero-order valence-corrected chi connectivity index (χ0v) is 56.1. The van der Waals surface area contributed by atoms with Crippen LogP contribution < -0.4 is 5.11 Å². The molecule has 9 nitrogen and oxygen atoms in total. The number of hydrogen-bond donors (Lipinski definition) is 0. The number of aliphatic carboxylic acids is 1. The molecule has 0 rings (SSSR count). The third-order valence-electron chi connectivity index (χ3n) is 14.3. The number of rotatable bonds is 62. The Balaban J connectivity index is 4.17. The van der Waals surface area contributed by atoms with E-state index in [2.05, 4.69) is 172 Å². The molecule has 0 aliphatic rings. The van der Waals surface area contributed by atoms with Gasteiger partial charge in [0, 0.05) is 12.8 Å². The summed E-state index contributed by atoms with van der Waals surface area (Å²) in [5.41, 5.74) is 0. The minimum Gasteiger partial charge on any atom is -0.545 e. The van der Waals surface area contributed by atoms with Gasteiger partial charge in [0.25, 0.3) is 0 Å². The number of nitrogens with zero attached hydrogens (tertiary/aromatic N) is 1. The lowest BCUT2D eigenvalue weighted by Gasteiger charge is -2.26. The molecule has 0 bridgehead atoms. The van der Waals surface area contributed by atoms with Crippen LogP contribution in [0.1, 0.15) is 258 Å². The summed E-state index contributed by atoms with van der Waals surface area (Å²) in [7, 11) is 5.92. The molecule has 0 N–H and O–H groups in total. The van der Waals surface area contributed by atoms with Crippen LogP contribution in [0.2, 0.25) is 0 Å². The predicted octanol–water partition coefficient (Wildman–Crippen LogP) is 20.4. The Kier molecular flexibility index (Phi) is 62.9. The third kappa shape index (κ3) is 68.3. The fourth-order valence-corrected chi connectivity index (χ4v) is 9.05. The first kappa shape index (κ1) is 81.9. The van der Waals surface area contributed by atoms with Crippen LogP contribution in [0.3, 0.4) is 0 Å². The number of allylic oxidation sites excluding steroid dienone is 26. The summed E-state index contributed by atoms with van der Waals surface area (Å²) in [5.74, 6) is -2.31. The molecule has 0 heterocycles. The molecule has 2 unspecified atom stereocenters. The summed E-state index contributed by atoms with van der Waals surface area (Å²) < 4.78 is 22.8. The summed E-state index contributed by atoms with van der Waals surface area (Å²) >= 11 is 0. The monoisotopic (exact) mass is 1210 g/mol. The van der Waals surface area contributed by atoms with Crippen molar-refractivity contribution in [1.29, 1.82) is 0 Å². The van der Waals surface area contributed by atoms with Gasteiger partial charge in [0.2, 0.25) is 0 Å². The Morgan fingerprint density at radius 3 is 0.920 bits per heavy atom. The number of carboxylic acid groups (broad SMARTS) is 1. The number of likely N-dealkylation sites (N-methyl/N-ethyl adjacent to an activating group) is 1. The summed E-state index contributed by atoms with van der Waals surface area (Å²) in [6, 6.07) is 0. The van der Waals surface area contributed by atoms with E-state index in [4.69, 9.17) is 18.9 Å². The van der Waals surface area contributed by atoms with Gasteiger partial charge in [-0.25, -0.2) is 0 Å². The van der Waals surface area contributed by atoms with Gasteiger partial charge in [-0.3, -0.25) is 9.59 Å². The van der Waals surface area contributed by atoms with Crippen molar-refractivity contribution < 1.29 is 42.9 Å². The Hall–Kier alpha value is -5.09. The van der Waals surface area contributed by atoms with Crippen molar-refractivity contribution in [2.24, 2.45) is 0 Å². The van der Waals surface area contributed by atoms with Crippen molar-refractivity contribution in [1.82, 2.24) is 0 Å². The molecule has 0 saturated heterocycles. The number of esters is 2. The summed E-state index contributed by atoms with van der Waals surface area (Å²) in [4.78, 5) is 37.5. The number of ether oxygens (including phenoxy) is 4. The highest BCUT2D eigenvalue weighted by atomic mass is 16.7. The Bertz CT molecular complexity index is 1990. The Morgan fingerprint density at radius 2 is 0.621 bits per heavy atom. The lowest BCUT2D eigenvalue weighted by atomic mass is 10.0. The largest absolute Gasteiger partial charge is 0.545 e. The average molecular weight is 1210 g/mol. The maximum atomic E-state index is 12.9. The van der Waals surface area contributed by atoms with E-state index in [9.17, 15) is 19.5 Å². The minimum atomic E-state index is -1.63. The molecule has 0 aromatic rings. The number of quaternary nitrogens is 1. The minimum absolute atomic E-state index is 0.138. The number of carboxylic acids is 1. The highest BCUT2D eigenvalue weighted by Crippen LogP contribution is 2.16. The summed E-state index contributed by atoms with van der Waals surface area (Å²) in [6.07, 6.45) is 96.0. The van der Waals surface area contributed by atoms with Crippen LogP contribution >= 0.6 is 0 Å². The van der Waals surface area contributed by atoms with Crippen LogP contribution in [0.4, 0.5) is 0 Å². The van der Waals surface area contributed by atoms with Gasteiger partial charge in [-0.2, -0.15) is 0 Å². The van der Waals surface area contributed by atoms with Crippen LogP contribution in [0, 0.1) is 0 Å². The molecule has 0 radical (unpaired) electrons. The van der Waals surface area contributed by atoms with Crippen LogP contribution in [0.25, 0.3) is 0 Å². The molecule has 87 heavy (non-hydrogen) atoms. The van der Waals surface area contributed by atoms with E-state index < -0.39 is 24.3 Å². The zero-order chi connectivity index (χ0) is 63.3. The van der Waals surface area contributed by atoms with Gasteiger partial charge in [-0.05, 0) is 122 Å². The molecule has 9 heteroatoms. The number of carbonyl (C=O) groups excluding carboxylic acids is 3. The van der Waals surface area contributed by atoms with E-state index in [-0.39, 0.29) is 38.6 Å². The van der Waals surface area contributed by atoms with E-state index in [0.29, 0.717) is 23.9 Å². The fraction of sp³-hybridized carbons (Fsp3) is 0.628. The Morgan fingerprint density at radius 1 is 0.345 bits per heavy atom. The average Bonchev–Trinajstić information content (AvgIpc) is 3.57. The van der Waals surface area contributed by atoms with Crippen LogP contribution in [0.15, 0.2) is 158 Å². The first-order valence-corrected chi connectivity index (χ1v) is 34.6. The molecule has 492 valence electrons. The van der Waals surface area contributed by atoms with Gasteiger partial charge in [0.05, 0.1) is 40.3 Å². The van der Waals surface area contributed by atoms with Gasteiger partial charge in [-0.15, -0.1) is 0 Å². The molecular formula is C78H127NO8. The topological polar surface area (TPSA) is 111 Å². The van der Waals surface area contributed by atoms with Crippen molar-refractivity contribution >= 4 is 17.9 Å². The van der Waals surface area contributed by atoms with E-state index in [1.54, 1.807) is 0 Å². The van der Waals surface area contributed by atoms with Crippen molar-refractivity contribution in [3.05, 3.63) is 158 Å². The lowest BCUT2D eigenvalue weighted by Crippen LogP contribution is -2.44. The molecule has 0 saturated carbocycles. The van der Waals surface area contributed by atoms with E-state index in [0.717, 1.165) is 141 Å². The molecule has 0 fully saturated rings. The number of unbranched alkanes of at least 4 members (excludes halogenated alkanes) is 21. The van der Waals surface area contributed by atoms with Crippen LogP contribution in [-0.4, -0.2) is 82.3 Å². The highest BCUT2D eigenvalue weighted by molar-refractivity contribution is 5.70. The van der Waals surface area contributed by atoms with E-state index >= 15 is 0 Å². The maximum absolute atomic E-state index is 12.9. The first-order chi connectivity index (χ1) is 42.6. The normalized spacial score (nSPS) is 13.7. The zero-order valence-electron chi connectivity index (χ0n) is 56.1. The molecule has 0 aliphatic heterocycles. The highest BCUT2D eigenvalue weighted by Gasteiger charge is 2.22. The van der Waals surface area contributed by atoms with Crippen molar-refractivity contribution in [2.75, 3.05) is 47.5 Å².